The van der Waals surface area contributed by atoms with Crippen LogP contribution in [-0.2, 0) is 17.8 Å². The third-order valence-corrected chi connectivity index (χ3v) is 7.77. The molecule has 0 spiro atoms. The van der Waals surface area contributed by atoms with Crippen molar-refractivity contribution in [2.45, 2.75) is 44.8 Å². The van der Waals surface area contributed by atoms with Gasteiger partial charge in [0.1, 0.15) is 0 Å². The van der Waals surface area contributed by atoms with E-state index in [1.165, 1.54) is 5.56 Å². The molecule has 1 N–H and O–H groups in total. The molecular weight excluding hydrogens is 418 g/mol. The first-order valence-electron chi connectivity index (χ1n) is 11.8. The number of nitrogens with one attached hydrogen (secondary N) is 1. The van der Waals surface area contributed by atoms with Gasteiger partial charge in [-0.2, -0.15) is 0 Å². The van der Waals surface area contributed by atoms with E-state index in [9.17, 15) is 4.79 Å². The quantitative estimate of drug-likeness (QED) is 0.670. The van der Waals surface area contributed by atoms with E-state index in [0.717, 1.165) is 31.5 Å². The summed E-state index contributed by atoms with van der Waals surface area (Å²) < 4.78 is 0. The van der Waals surface area contributed by atoms with E-state index in [1.807, 2.05) is 24.3 Å². The molecule has 168 valence electrons. The molecule has 5 atom stereocenters. The second-order valence-corrected chi connectivity index (χ2v) is 10.6. The van der Waals surface area contributed by atoms with Gasteiger partial charge in [-0.25, -0.2) is 0 Å². The lowest BCUT2D eigenvalue weighted by atomic mass is 9.59. The zero-order valence-corrected chi connectivity index (χ0v) is 19.6. The predicted molar refractivity (Wildman–Crippen MR) is 130 cm³/mol. The molecule has 1 saturated carbocycles. The molecule has 0 unspecified atom stereocenters. The maximum atomic E-state index is 13.8. The topological polar surface area (TPSA) is 44.7 Å². The summed E-state index contributed by atoms with van der Waals surface area (Å²) in [6.45, 7) is 6.99. The maximum absolute atomic E-state index is 13.8. The average Bonchev–Trinajstić information content (AvgIpc) is 3.03. The minimum Gasteiger partial charge on any atom is -0.350 e. The predicted octanol–water partition coefficient (Wildman–Crippen LogP) is 4.61. The summed E-state index contributed by atoms with van der Waals surface area (Å²) in [5, 5.41) is 3.93. The molecule has 1 saturated heterocycles. The Hall–Kier alpha value is -2.17. The van der Waals surface area contributed by atoms with Crippen LogP contribution in [0.1, 0.15) is 31.4 Å². The highest BCUT2D eigenvalue weighted by Crippen LogP contribution is 2.54. The number of hydrogen-bond acceptors (Lipinski definition) is 3. The second-order valence-electron chi connectivity index (χ2n) is 10.2. The molecule has 0 aromatic heterocycles. The second kappa shape index (κ2) is 8.64. The molecule has 1 aliphatic carbocycles. The standard InChI is InChI=1S/C27H32ClN3O/c1-18(2)16-31-17-22-13-21-15-30-27(22,25(31)24(21)12-19-7-4-3-5-8-19)26(32)29-14-20-9-6-10-23(28)11-20/h3-11,15,18,21-22,24-25H,12-14,16-17H2,1-2H3,(H,29,32)/t21-,22-,24+,25-,27-/m0/s1. The fourth-order valence-electron chi connectivity index (χ4n) is 6.37. The number of amides is 1. The van der Waals surface area contributed by atoms with Crippen molar-refractivity contribution in [3.05, 3.63) is 70.7 Å². The lowest BCUT2D eigenvalue weighted by molar-refractivity contribution is -0.132. The van der Waals surface area contributed by atoms with Crippen molar-refractivity contribution >= 4 is 23.7 Å². The van der Waals surface area contributed by atoms with E-state index >= 15 is 0 Å². The number of aliphatic imine (C=N–C) groups is 1. The van der Waals surface area contributed by atoms with Crippen LogP contribution in [0.3, 0.4) is 0 Å². The van der Waals surface area contributed by atoms with Gasteiger partial charge in [0.25, 0.3) is 0 Å². The number of halogens is 1. The molecule has 32 heavy (non-hydrogen) atoms. The first-order chi connectivity index (χ1) is 15.5. The van der Waals surface area contributed by atoms with Crippen molar-refractivity contribution in [1.82, 2.24) is 10.2 Å². The Bertz CT molecular complexity index is 1010. The van der Waals surface area contributed by atoms with Crippen LogP contribution in [-0.4, -0.2) is 41.7 Å². The monoisotopic (exact) mass is 449 g/mol. The van der Waals surface area contributed by atoms with Crippen molar-refractivity contribution in [3.63, 3.8) is 0 Å². The van der Waals surface area contributed by atoms with Gasteiger partial charge in [0.15, 0.2) is 5.54 Å². The Balaban J connectivity index is 1.44. The highest BCUT2D eigenvalue weighted by molar-refractivity contribution is 6.30. The highest BCUT2D eigenvalue weighted by Gasteiger charge is 2.67. The smallest absolute Gasteiger partial charge is 0.250 e. The number of rotatable bonds is 7. The van der Waals surface area contributed by atoms with Crippen LogP contribution < -0.4 is 5.32 Å². The molecule has 2 fully saturated rings. The van der Waals surface area contributed by atoms with Gasteiger partial charge in [0, 0.05) is 42.8 Å². The number of nitrogens with zero attached hydrogens (tertiary/aromatic N) is 2. The lowest BCUT2D eigenvalue weighted by Gasteiger charge is -2.51. The van der Waals surface area contributed by atoms with E-state index < -0.39 is 5.54 Å². The molecule has 3 aliphatic heterocycles. The minimum atomic E-state index is -0.679. The molecule has 1 amide bonds. The van der Waals surface area contributed by atoms with Gasteiger partial charge < -0.3 is 5.32 Å². The number of likely N-dealkylation sites (tertiary alicyclic amines) is 1. The minimum absolute atomic E-state index is 0.0752. The molecular formula is C27H32ClN3O. The maximum Gasteiger partial charge on any atom is 0.250 e. The molecule has 4 bridgehead atoms. The molecule has 4 nitrogen and oxygen atoms in total. The fourth-order valence-corrected chi connectivity index (χ4v) is 6.59. The Labute approximate surface area is 196 Å². The van der Waals surface area contributed by atoms with Crippen LogP contribution >= 0.6 is 11.6 Å². The van der Waals surface area contributed by atoms with Crippen molar-refractivity contribution in [1.29, 1.82) is 0 Å². The zero-order valence-electron chi connectivity index (χ0n) is 18.9. The van der Waals surface area contributed by atoms with Crippen molar-refractivity contribution < 1.29 is 4.79 Å². The Morgan fingerprint density at radius 3 is 2.72 bits per heavy atom. The van der Waals surface area contributed by atoms with E-state index in [2.05, 4.69) is 60.6 Å². The van der Waals surface area contributed by atoms with Gasteiger partial charge in [-0.3, -0.25) is 14.7 Å². The van der Waals surface area contributed by atoms with Crippen LogP contribution in [0.5, 0.6) is 0 Å². The third-order valence-electron chi connectivity index (χ3n) is 7.53. The van der Waals surface area contributed by atoms with Gasteiger partial charge in [-0.15, -0.1) is 0 Å². The van der Waals surface area contributed by atoms with Crippen LogP contribution in [0.25, 0.3) is 0 Å². The summed E-state index contributed by atoms with van der Waals surface area (Å²) in [4.78, 5) is 21.4. The van der Waals surface area contributed by atoms with E-state index in [1.54, 1.807) is 0 Å². The van der Waals surface area contributed by atoms with E-state index in [0.29, 0.717) is 29.3 Å². The summed E-state index contributed by atoms with van der Waals surface area (Å²) in [7, 11) is 0. The first kappa shape index (κ1) is 21.7. The Morgan fingerprint density at radius 1 is 1.19 bits per heavy atom. The largest absolute Gasteiger partial charge is 0.350 e. The Kier molecular flexibility index (Phi) is 5.85. The van der Waals surface area contributed by atoms with Crippen molar-refractivity contribution in [3.8, 4) is 0 Å². The van der Waals surface area contributed by atoms with Crippen molar-refractivity contribution in [2.75, 3.05) is 13.1 Å². The van der Waals surface area contributed by atoms with E-state index in [4.69, 9.17) is 16.6 Å². The summed E-state index contributed by atoms with van der Waals surface area (Å²) in [6, 6.07) is 18.6. The number of benzene rings is 2. The average molecular weight is 450 g/mol. The van der Waals surface area contributed by atoms with Crippen LogP contribution in [0.15, 0.2) is 59.6 Å². The van der Waals surface area contributed by atoms with Crippen LogP contribution in [0.4, 0.5) is 0 Å². The molecule has 6 rings (SSSR count). The summed E-state index contributed by atoms with van der Waals surface area (Å²) in [5.41, 5.74) is 1.69. The summed E-state index contributed by atoms with van der Waals surface area (Å²) >= 11 is 6.15. The molecule has 5 heteroatoms. The summed E-state index contributed by atoms with van der Waals surface area (Å²) in [6.07, 6.45) is 4.15. The highest BCUT2D eigenvalue weighted by atomic mass is 35.5. The molecule has 4 aliphatic rings. The first-order valence-corrected chi connectivity index (χ1v) is 12.2. The van der Waals surface area contributed by atoms with Gasteiger partial charge >= 0.3 is 0 Å². The summed E-state index contributed by atoms with van der Waals surface area (Å²) in [5.74, 6) is 1.77. The SMILES string of the molecule is CC(C)CN1C[C@@H]2C[C@H]3C=N[C@]2(C(=O)NCc2cccc(Cl)c2)[C@@H]1[C@@H]3Cc1ccccc1. The number of hydrogen-bond donors (Lipinski definition) is 1. The lowest BCUT2D eigenvalue weighted by Crippen LogP contribution is -2.66. The molecule has 2 aromatic rings. The van der Waals surface area contributed by atoms with Crippen LogP contribution in [0, 0.1) is 23.7 Å². The van der Waals surface area contributed by atoms with E-state index in [-0.39, 0.29) is 17.9 Å². The van der Waals surface area contributed by atoms with Crippen molar-refractivity contribution in [2.24, 2.45) is 28.7 Å². The molecule has 2 aromatic carbocycles. The van der Waals surface area contributed by atoms with Gasteiger partial charge in [-0.1, -0.05) is 67.9 Å². The fraction of sp³-hybridized carbons (Fsp3) is 0.481. The normalized spacial score (nSPS) is 30.8. The van der Waals surface area contributed by atoms with Crippen LogP contribution in [0.2, 0.25) is 5.02 Å². The third kappa shape index (κ3) is 3.78. The zero-order chi connectivity index (χ0) is 22.3. The number of carbonyl (C=O) groups excluding carboxylic acids is 1. The Morgan fingerprint density at radius 2 is 1.97 bits per heavy atom. The number of carbonyl (C=O) groups is 1. The van der Waals surface area contributed by atoms with Gasteiger partial charge in [-0.05, 0) is 53.9 Å². The molecule has 0 radical (unpaired) electrons. The van der Waals surface area contributed by atoms with Gasteiger partial charge in [0.05, 0.1) is 0 Å². The van der Waals surface area contributed by atoms with Gasteiger partial charge in [0.2, 0.25) is 5.91 Å². The molecule has 3 heterocycles.